The van der Waals surface area contributed by atoms with Gasteiger partial charge >= 0.3 is 5.97 Å². The van der Waals surface area contributed by atoms with E-state index in [9.17, 15) is 14.4 Å². The third kappa shape index (κ3) is 4.24. The summed E-state index contributed by atoms with van der Waals surface area (Å²) in [5.74, 6) is -0.365. The second-order valence-electron chi connectivity index (χ2n) is 7.35. The number of carbonyl (C=O) groups is 2. The molecular formula is C20H24N4O4S. The number of hydrogen-bond acceptors (Lipinski definition) is 6. The lowest BCUT2D eigenvalue weighted by atomic mass is 10.0. The van der Waals surface area contributed by atoms with Crippen LogP contribution in [0.15, 0.2) is 16.2 Å². The second-order valence-corrected chi connectivity index (χ2v) is 8.23. The van der Waals surface area contributed by atoms with Crippen molar-refractivity contribution in [3.8, 4) is 0 Å². The summed E-state index contributed by atoms with van der Waals surface area (Å²) in [4.78, 5) is 41.0. The fourth-order valence-electron chi connectivity index (χ4n) is 3.34. The van der Waals surface area contributed by atoms with Crippen LogP contribution in [0.1, 0.15) is 46.7 Å². The summed E-state index contributed by atoms with van der Waals surface area (Å²) in [7, 11) is 1.33. The molecule has 0 fully saturated rings. The smallest absolute Gasteiger partial charge is 0.341 e. The lowest BCUT2D eigenvalue weighted by molar-refractivity contribution is -0.115. The molecule has 154 valence electrons. The molecule has 9 heteroatoms. The molecule has 1 amide bonds. The monoisotopic (exact) mass is 416 g/mol. The van der Waals surface area contributed by atoms with Crippen molar-refractivity contribution in [3.63, 3.8) is 0 Å². The summed E-state index contributed by atoms with van der Waals surface area (Å²) in [5.41, 5.74) is 3.68. The summed E-state index contributed by atoms with van der Waals surface area (Å²) in [6, 6.07) is 1.41. The first-order valence-corrected chi connectivity index (χ1v) is 10.2. The Bertz CT molecular complexity index is 1140. The Morgan fingerprint density at radius 2 is 2.07 bits per heavy atom. The standard InChI is InChI=1S/C20H24N4O4S/c1-10(2)6-13-9-29-19(18(13)20(27)28-5)22-16(25)7-14-11(3)21-15-8-17(26)23-24(15)12(14)4/h8-10H,6-7H2,1-5H3,(H,22,25)(H,23,26). The lowest BCUT2D eigenvalue weighted by Crippen LogP contribution is -2.19. The van der Waals surface area contributed by atoms with Gasteiger partial charge in [0.15, 0.2) is 5.65 Å². The number of nitrogens with zero attached hydrogens (tertiary/aromatic N) is 2. The quantitative estimate of drug-likeness (QED) is 0.601. The molecule has 0 spiro atoms. The minimum absolute atomic E-state index is 0.0683. The Labute approximate surface area is 171 Å². The number of methoxy groups -OCH3 is 1. The minimum atomic E-state index is -0.461. The summed E-state index contributed by atoms with van der Waals surface area (Å²) in [6.45, 7) is 7.76. The van der Waals surface area contributed by atoms with Gasteiger partial charge in [0, 0.05) is 23.0 Å². The number of carbonyl (C=O) groups excluding carboxylic acids is 2. The number of nitrogens with one attached hydrogen (secondary N) is 2. The van der Waals surface area contributed by atoms with Crippen molar-refractivity contribution in [1.82, 2.24) is 14.6 Å². The topological polar surface area (TPSA) is 106 Å². The van der Waals surface area contributed by atoms with Gasteiger partial charge in [-0.15, -0.1) is 11.3 Å². The average Bonchev–Trinajstić information content (AvgIpc) is 3.20. The Balaban J connectivity index is 1.88. The van der Waals surface area contributed by atoms with Crippen molar-refractivity contribution >= 4 is 33.9 Å². The van der Waals surface area contributed by atoms with Crippen LogP contribution in [0.4, 0.5) is 5.00 Å². The van der Waals surface area contributed by atoms with E-state index in [1.54, 1.807) is 11.4 Å². The normalized spacial score (nSPS) is 11.2. The molecule has 0 aliphatic heterocycles. The van der Waals surface area contributed by atoms with Crippen molar-refractivity contribution in [2.45, 2.75) is 40.5 Å². The van der Waals surface area contributed by atoms with Crippen LogP contribution in [0, 0.1) is 19.8 Å². The molecule has 0 aliphatic rings. The van der Waals surface area contributed by atoms with E-state index in [1.165, 1.54) is 24.5 Å². The number of aromatic amines is 1. The van der Waals surface area contributed by atoms with Gasteiger partial charge in [0.05, 0.1) is 19.1 Å². The molecule has 3 heterocycles. The third-order valence-electron chi connectivity index (χ3n) is 4.68. The van der Waals surface area contributed by atoms with Crippen LogP contribution in [-0.4, -0.2) is 33.6 Å². The molecule has 0 atom stereocenters. The molecule has 8 nitrogen and oxygen atoms in total. The molecule has 3 aromatic heterocycles. The van der Waals surface area contributed by atoms with Gasteiger partial charge in [-0.25, -0.2) is 14.3 Å². The first-order chi connectivity index (χ1) is 13.7. The van der Waals surface area contributed by atoms with Crippen LogP contribution in [-0.2, 0) is 22.4 Å². The number of fused-ring (bicyclic) bond motifs is 1. The molecule has 0 radical (unpaired) electrons. The number of aromatic nitrogens is 3. The van der Waals surface area contributed by atoms with E-state index in [0.717, 1.165) is 23.2 Å². The van der Waals surface area contributed by atoms with Crippen LogP contribution in [0.3, 0.4) is 0 Å². The summed E-state index contributed by atoms with van der Waals surface area (Å²) < 4.78 is 6.49. The van der Waals surface area contributed by atoms with E-state index in [1.807, 2.05) is 12.3 Å². The Morgan fingerprint density at radius 1 is 1.34 bits per heavy atom. The predicted octanol–water partition coefficient (Wildman–Crippen LogP) is 2.87. The lowest BCUT2D eigenvalue weighted by Gasteiger charge is -2.12. The average molecular weight is 417 g/mol. The SMILES string of the molecule is COC(=O)c1c(CC(C)C)csc1NC(=O)Cc1c(C)nc2cc(=O)[nH]n2c1C. The van der Waals surface area contributed by atoms with Crippen molar-refractivity contribution in [2.75, 3.05) is 12.4 Å². The van der Waals surface area contributed by atoms with Crippen molar-refractivity contribution in [1.29, 1.82) is 0 Å². The Morgan fingerprint density at radius 3 is 2.72 bits per heavy atom. The van der Waals surface area contributed by atoms with Gasteiger partial charge in [0.25, 0.3) is 5.56 Å². The highest BCUT2D eigenvalue weighted by Crippen LogP contribution is 2.31. The number of anilines is 1. The van der Waals surface area contributed by atoms with Gasteiger partial charge in [-0.1, -0.05) is 13.8 Å². The largest absolute Gasteiger partial charge is 0.465 e. The fourth-order valence-corrected chi connectivity index (χ4v) is 4.32. The summed E-state index contributed by atoms with van der Waals surface area (Å²) >= 11 is 1.31. The van der Waals surface area contributed by atoms with Crippen LogP contribution in [0.5, 0.6) is 0 Å². The molecule has 0 saturated heterocycles. The van der Waals surface area contributed by atoms with Crippen molar-refractivity contribution < 1.29 is 14.3 Å². The number of amides is 1. The number of H-pyrrole nitrogens is 1. The number of thiophene rings is 1. The highest BCUT2D eigenvalue weighted by atomic mass is 32.1. The summed E-state index contributed by atoms with van der Waals surface area (Å²) in [6.07, 6.45) is 0.787. The van der Waals surface area contributed by atoms with E-state index >= 15 is 0 Å². The Hall–Kier alpha value is -2.94. The van der Waals surface area contributed by atoms with Gasteiger partial charge in [-0.3, -0.25) is 14.7 Å². The Kier molecular flexibility index (Phi) is 5.88. The van der Waals surface area contributed by atoms with Gasteiger partial charge in [0.2, 0.25) is 5.91 Å². The minimum Gasteiger partial charge on any atom is -0.465 e. The maximum absolute atomic E-state index is 12.8. The van der Waals surface area contributed by atoms with E-state index in [4.69, 9.17) is 4.74 Å². The molecule has 3 aromatic rings. The first kappa shape index (κ1) is 20.8. The number of hydrogen-bond donors (Lipinski definition) is 2. The van der Waals surface area contributed by atoms with Crippen molar-refractivity contribution in [2.24, 2.45) is 5.92 Å². The zero-order valence-corrected chi connectivity index (χ0v) is 17.9. The third-order valence-corrected chi connectivity index (χ3v) is 5.62. The number of ether oxygens (including phenoxy) is 1. The van der Waals surface area contributed by atoms with Gasteiger partial charge in [0.1, 0.15) is 5.00 Å². The van der Waals surface area contributed by atoms with Crippen LogP contribution >= 0.6 is 11.3 Å². The van der Waals surface area contributed by atoms with E-state index in [0.29, 0.717) is 27.8 Å². The van der Waals surface area contributed by atoms with Crippen LogP contribution in [0.25, 0.3) is 5.65 Å². The molecule has 2 N–H and O–H groups in total. The molecular weight excluding hydrogens is 392 g/mol. The summed E-state index contributed by atoms with van der Waals surface area (Å²) in [5, 5.41) is 7.89. The molecule has 0 aromatic carbocycles. The maximum Gasteiger partial charge on any atom is 0.341 e. The van der Waals surface area contributed by atoms with E-state index in [-0.39, 0.29) is 17.9 Å². The molecule has 3 rings (SSSR count). The number of aryl methyl sites for hydroxylation is 2. The van der Waals surface area contributed by atoms with Crippen molar-refractivity contribution in [3.05, 3.63) is 49.9 Å². The number of esters is 1. The molecule has 0 bridgehead atoms. The zero-order chi connectivity index (χ0) is 21.3. The maximum atomic E-state index is 12.8. The van der Waals surface area contributed by atoms with Crippen LogP contribution in [0.2, 0.25) is 0 Å². The fraction of sp³-hybridized carbons (Fsp3) is 0.400. The first-order valence-electron chi connectivity index (χ1n) is 9.27. The second kappa shape index (κ2) is 8.20. The van der Waals surface area contributed by atoms with Gasteiger partial charge in [-0.05, 0) is 37.1 Å². The van der Waals surface area contributed by atoms with E-state index < -0.39 is 5.97 Å². The van der Waals surface area contributed by atoms with Gasteiger partial charge in [-0.2, -0.15) is 0 Å². The molecule has 0 unspecified atom stereocenters. The highest BCUT2D eigenvalue weighted by Gasteiger charge is 2.22. The molecule has 0 aliphatic carbocycles. The van der Waals surface area contributed by atoms with Gasteiger partial charge < -0.3 is 10.1 Å². The molecule has 29 heavy (non-hydrogen) atoms. The van der Waals surface area contributed by atoms with E-state index in [2.05, 4.69) is 29.2 Å². The van der Waals surface area contributed by atoms with Crippen LogP contribution < -0.4 is 10.9 Å². The number of rotatable bonds is 6. The highest BCUT2D eigenvalue weighted by molar-refractivity contribution is 7.15. The predicted molar refractivity (Wildman–Crippen MR) is 112 cm³/mol. The molecule has 0 saturated carbocycles. The zero-order valence-electron chi connectivity index (χ0n) is 17.1.